The van der Waals surface area contributed by atoms with Crippen LogP contribution < -0.4 is 15.2 Å². The average Bonchev–Trinajstić information content (AvgIpc) is 2.89. The number of rotatable bonds is 8. The highest BCUT2D eigenvalue weighted by atomic mass is 16.5. The van der Waals surface area contributed by atoms with Gasteiger partial charge in [0.25, 0.3) is 0 Å². The maximum Gasteiger partial charge on any atom is 0.163 e. The van der Waals surface area contributed by atoms with Gasteiger partial charge in [0.05, 0.1) is 31.3 Å². The Morgan fingerprint density at radius 2 is 1.95 bits per heavy atom. The van der Waals surface area contributed by atoms with E-state index < -0.39 is 0 Å². The summed E-state index contributed by atoms with van der Waals surface area (Å²) in [5.41, 5.74) is 8.06. The van der Waals surface area contributed by atoms with Crippen molar-refractivity contribution in [3.05, 3.63) is 18.0 Å². The summed E-state index contributed by atoms with van der Waals surface area (Å²) in [7, 11) is 3.22. The molecular weight excluding hydrogens is 282 g/mol. The van der Waals surface area contributed by atoms with Gasteiger partial charge in [-0.1, -0.05) is 13.3 Å². The lowest BCUT2D eigenvalue weighted by Crippen LogP contribution is -2.17. The molecule has 0 spiro atoms. The quantitative estimate of drug-likeness (QED) is 0.781. The lowest BCUT2D eigenvalue weighted by molar-refractivity contribution is 0.279. The molecule has 6 nitrogen and oxygen atoms in total. The van der Waals surface area contributed by atoms with Gasteiger partial charge in [0.1, 0.15) is 5.82 Å². The third-order valence-corrected chi connectivity index (χ3v) is 3.75. The number of nitrogens with two attached hydrogens (primary N) is 1. The first-order valence-electron chi connectivity index (χ1n) is 7.64. The van der Waals surface area contributed by atoms with Gasteiger partial charge in [-0.2, -0.15) is 0 Å². The van der Waals surface area contributed by atoms with Crippen molar-refractivity contribution in [2.24, 2.45) is 5.73 Å². The van der Waals surface area contributed by atoms with E-state index in [0.29, 0.717) is 24.5 Å². The number of fused-ring (bicyclic) bond motifs is 1. The topological polar surface area (TPSA) is 82.5 Å². The fourth-order valence-corrected chi connectivity index (χ4v) is 2.66. The number of benzene rings is 1. The molecular formula is C16H25N3O3. The number of aliphatic hydroxyl groups is 1. The van der Waals surface area contributed by atoms with Crippen molar-refractivity contribution in [1.82, 2.24) is 9.55 Å². The van der Waals surface area contributed by atoms with Crippen LogP contribution in [0.15, 0.2) is 12.1 Å². The van der Waals surface area contributed by atoms with E-state index in [9.17, 15) is 0 Å². The van der Waals surface area contributed by atoms with Gasteiger partial charge in [-0.05, 0) is 12.8 Å². The number of methoxy groups -OCH3 is 2. The van der Waals surface area contributed by atoms with Crippen LogP contribution in [0.25, 0.3) is 11.0 Å². The molecule has 0 bridgehead atoms. The van der Waals surface area contributed by atoms with Gasteiger partial charge < -0.3 is 24.9 Å². The molecule has 6 heteroatoms. The third kappa shape index (κ3) is 3.18. The normalized spacial score (nSPS) is 12.6. The molecule has 1 heterocycles. The molecule has 1 atom stereocenters. The molecule has 1 aromatic carbocycles. The first-order valence-corrected chi connectivity index (χ1v) is 7.64. The molecule has 0 radical (unpaired) electrons. The van der Waals surface area contributed by atoms with Gasteiger partial charge in [-0.25, -0.2) is 4.98 Å². The number of aliphatic hydroxyl groups excluding tert-OH is 1. The molecule has 0 aliphatic heterocycles. The number of aryl methyl sites for hydroxylation is 1. The largest absolute Gasteiger partial charge is 0.493 e. The first-order chi connectivity index (χ1) is 10.7. The minimum atomic E-state index is -0.118. The molecule has 0 fully saturated rings. The van der Waals surface area contributed by atoms with E-state index in [2.05, 4.69) is 16.5 Å². The average molecular weight is 307 g/mol. The van der Waals surface area contributed by atoms with Crippen molar-refractivity contribution in [3.8, 4) is 11.5 Å². The second-order valence-electron chi connectivity index (χ2n) is 5.29. The second kappa shape index (κ2) is 7.47. The Bertz CT molecular complexity index is 625. The molecule has 1 unspecified atom stereocenters. The fraction of sp³-hybridized carbons (Fsp3) is 0.562. The Kier molecular flexibility index (Phi) is 5.63. The molecule has 3 N–H and O–H groups in total. The summed E-state index contributed by atoms with van der Waals surface area (Å²) in [6, 6.07) is 3.67. The van der Waals surface area contributed by atoms with Crippen LogP contribution in [0.2, 0.25) is 0 Å². The summed E-state index contributed by atoms with van der Waals surface area (Å²) in [5, 5.41) is 9.14. The van der Waals surface area contributed by atoms with E-state index in [1.165, 1.54) is 0 Å². The van der Waals surface area contributed by atoms with E-state index in [4.69, 9.17) is 20.3 Å². The van der Waals surface area contributed by atoms with Crippen molar-refractivity contribution in [2.45, 2.75) is 38.8 Å². The zero-order chi connectivity index (χ0) is 16.1. The zero-order valence-corrected chi connectivity index (χ0v) is 13.5. The maximum absolute atomic E-state index is 9.14. The van der Waals surface area contributed by atoms with Crippen LogP contribution in [-0.2, 0) is 6.54 Å². The van der Waals surface area contributed by atoms with E-state index >= 15 is 0 Å². The molecule has 1 aromatic heterocycles. The van der Waals surface area contributed by atoms with Crippen LogP contribution in [0.3, 0.4) is 0 Å². The monoisotopic (exact) mass is 307 g/mol. The predicted molar refractivity (Wildman–Crippen MR) is 86.4 cm³/mol. The molecule has 0 amide bonds. The molecule has 0 aliphatic carbocycles. The molecule has 0 saturated carbocycles. The zero-order valence-electron chi connectivity index (χ0n) is 13.5. The summed E-state index contributed by atoms with van der Waals surface area (Å²) in [6.07, 6.45) is 2.53. The second-order valence-corrected chi connectivity index (χ2v) is 5.29. The summed E-state index contributed by atoms with van der Waals surface area (Å²) < 4.78 is 12.8. The minimum absolute atomic E-state index is 0.118. The van der Waals surface area contributed by atoms with Crippen molar-refractivity contribution in [1.29, 1.82) is 0 Å². The molecule has 2 aromatic rings. The lowest BCUT2D eigenvalue weighted by Gasteiger charge is -2.14. The maximum atomic E-state index is 9.14. The molecule has 0 aliphatic rings. The summed E-state index contributed by atoms with van der Waals surface area (Å²) in [4.78, 5) is 4.69. The number of ether oxygens (including phenoxy) is 2. The Morgan fingerprint density at radius 3 is 2.55 bits per heavy atom. The number of imidazole rings is 1. The number of hydrogen-bond acceptors (Lipinski definition) is 5. The van der Waals surface area contributed by atoms with Crippen LogP contribution in [0.5, 0.6) is 11.5 Å². The molecule has 122 valence electrons. The van der Waals surface area contributed by atoms with Crippen molar-refractivity contribution in [2.75, 3.05) is 20.8 Å². The highest BCUT2D eigenvalue weighted by Gasteiger charge is 2.18. The van der Waals surface area contributed by atoms with Crippen LogP contribution in [0, 0.1) is 0 Å². The van der Waals surface area contributed by atoms with Crippen LogP contribution >= 0.6 is 0 Å². The SMILES string of the molecule is CCCC(N)c1nc2cc(OC)c(OC)cc2n1CCCO. The van der Waals surface area contributed by atoms with Gasteiger partial charge in [0.15, 0.2) is 11.5 Å². The van der Waals surface area contributed by atoms with Gasteiger partial charge in [0.2, 0.25) is 0 Å². The highest BCUT2D eigenvalue weighted by Crippen LogP contribution is 2.33. The summed E-state index contributed by atoms with van der Waals surface area (Å²) >= 11 is 0. The minimum Gasteiger partial charge on any atom is -0.493 e. The third-order valence-electron chi connectivity index (χ3n) is 3.75. The Balaban J connectivity index is 2.57. The predicted octanol–water partition coefficient (Wildman–Crippen LogP) is 2.24. The van der Waals surface area contributed by atoms with Crippen LogP contribution in [0.4, 0.5) is 0 Å². The first kappa shape index (κ1) is 16.6. The van der Waals surface area contributed by atoms with Crippen molar-refractivity contribution < 1.29 is 14.6 Å². The van der Waals surface area contributed by atoms with E-state index in [-0.39, 0.29) is 12.6 Å². The smallest absolute Gasteiger partial charge is 0.163 e. The number of hydrogen-bond donors (Lipinski definition) is 2. The van der Waals surface area contributed by atoms with E-state index in [1.54, 1.807) is 14.2 Å². The number of aromatic nitrogens is 2. The Hall–Kier alpha value is -1.79. The summed E-state index contributed by atoms with van der Waals surface area (Å²) in [5.74, 6) is 2.16. The summed E-state index contributed by atoms with van der Waals surface area (Å²) in [6.45, 7) is 2.91. The van der Waals surface area contributed by atoms with Crippen molar-refractivity contribution >= 4 is 11.0 Å². The van der Waals surface area contributed by atoms with E-state index in [0.717, 1.165) is 29.7 Å². The lowest BCUT2D eigenvalue weighted by atomic mass is 10.1. The van der Waals surface area contributed by atoms with Gasteiger partial charge >= 0.3 is 0 Å². The fourth-order valence-electron chi connectivity index (χ4n) is 2.66. The highest BCUT2D eigenvalue weighted by molar-refractivity contribution is 5.80. The molecule has 0 saturated heterocycles. The molecule has 2 rings (SSSR count). The molecule has 22 heavy (non-hydrogen) atoms. The van der Waals surface area contributed by atoms with Crippen LogP contribution in [0.1, 0.15) is 38.1 Å². The van der Waals surface area contributed by atoms with Gasteiger partial charge in [-0.15, -0.1) is 0 Å². The van der Waals surface area contributed by atoms with Crippen LogP contribution in [-0.4, -0.2) is 35.5 Å². The Morgan fingerprint density at radius 1 is 1.27 bits per heavy atom. The Labute approximate surface area is 130 Å². The van der Waals surface area contributed by atoms with E-state index in [1.807, 2.05) is 12.1 Å². The van der Waals surface area contributed by atoms with Gasteiger partial charge in [0, 0.05) is 25.3 Å². The standard InChI is InChI=1S/C16H25N3O3/c1-4-6-11(17)16-18-12-9-14(21-2)15(22-3)10-13(12)19(16)7-5-8-20/h9-11,20H,4-8,17H2,1-3H3. The number of nitrogens with zero attached hydrogens (tertiary/aromatic N) is 2. The van der Waals surface area contributed by atoms with Crippen molar-refractivity contribution in [3.63, 3.8) is 0 Å². The van der Waals surface area contributed by atoms with Gasteiger partial charge in [-0.3, -0.25) is 0 Å².